The molecule has 0 saturated heterocycles. The summed E-state index contributed by atoms with van der Waals surface area (Å²) in [6, 6.07) is 1.45. The molecule has 0 bridgehead atoms. The minimum atomic E-state index is -0.316. The molecule has 0 aromatic rings. The molecule has 0 atom stereocenters. The van der Waals surface area contributed by atoms with Crippen LogP contribution in [0.25, 0.3) is 0 Å². The van der Waals surface area contributed by atoms with Crippen molar-refractivity contribution in [1.29, 1.82) is 0 Å². The van der Waals surface area contributed by atoms with E-state index in [-0.39, 0.29) is 17.6 Å². The van der Waals surface area contributed by atoms with Crippen LogP contribution in [0.4, 0.5) is 0 Å². The van der Waals surface area contributed by atoms with Crippen molar-refractivity contribution in [2.75, 3.05) is 0 Å². The fraction of sp³-hybridized carbons (Fsp3) is 1.00. The summed E-state index contributed by atoms with van der Waals surface area (Å²) in [6.45, 7) is 9.42. The van der Waals surface area contributed by atoms with E-state index in [1.807, 2.05) is 0 Å². The van der Waals surface area contributed by atoms with Gasteiger partial charge in [0.05, 0.1) is 0 Å². The van der Waals surface area contributed by atoms with E-state index < -0.39 is 0 Å². The van der Waals surface area contributed by atoms with Crippen LogP contribution in [0.15, 0.2) is 0 Å². The SMILES string of the molecule is CCCC[Si](C)C(C)(C)[SiH2]Cl. The molecule has 0 saturated carbocycles. The minimum Gasteiger partial charge on any atom is -0.176 e. The zero-order valence-electron chi connectivity index (χ0n) is 8.21. The molecule has 0 aliphatic rings. The molecule has 0 aliphatic carbocycles. The smallest absolute Gasteiger partial charge is 0.128 e. The zero-order valence-corrected chi connectivity index (χ0v) is 11.4. The minimum absolute atomic E-state index is 0.150. The summed E-state index contributed by atoms with van der Waals surface area (Å²) in [4.78, 5) is 0. The fourth-order valence-electron chi connectivity index (χ4n) is 0.894. The molecule has 0 aromatic heterocycles. The quantitative estimate of drug-likeness (QED) is 0.481. The van der Waals surface area contributed by atoms with Gasteiger partial charge >= 0.3 is 0 Å². The van der Waals surface area contributed by atoms with E-state index in [2.05, 4.69) is 27.3 Å². The van der Waals surface area contributed by atoms with E-state index in [1.165, 1.54) is 18.9 Å². The lowest BCUT2D eigenvalue weighted by molar-refractivity contribution is 0.839. The van der Waals surface area contributed by atoms with Crippen LogP contribution in [0, 0.1) is 0 Å². The third-order valence-electron chi connectivity index (χ3n) is 2.39. The molecule has 0 fully saturated rings. The summed E-state index contributed by atoms with van der Waals surface area (Å²) in [7, 11) is -0.466. The van der Waals surface area contributed by atoms with Crippen LogP contribution < -0.4 is 0 Å². The van der Waals surface area contributed by atoms with Gasteiger partial charge < -0.3 is 0 Å². The number of halogens is 1. The van der Waals surface area contributed by atoms with Crippen molar-refractivity contribution in [3.63, 3.8) is 0 Å². The lowest BCUT2D eigenvalue weighted by Crippen LogP contribution is -2.27. The van der Waals surface area contributed by atoms with Crippen molar-refractivity contribution in [2.45, 2.75) is 50.9 Å². The van der Waals surface area contributed by atoms with E-state index in [9.17, 15) is 0 Å². The van der Waals surface area contributed by atoms with Gasteiger partial charge in [-0.25, -0.2) is 0 Å². The van der Waals surface area contributed by atoms with Crippen LogP contribution in [-0.4, -0.2) is 17.6 Å². The van der Waals surface area contributed by atoms with Crippen LogP contribution in [0.3, 0.4) is 0 Å². The lowest BCUT2D eigenvalue weighted by atomic mass is 10.4. The first-order valence-corrected chi connectivity index (χ1v) is 9.48. The Labute approximate surface area is 79.9 Å². The third-order valence-corrected chi connectivity index (χ3v) is 11.5. The maximum absolute atomic E-state index is 6.03. The normalized spacial score (nSPS) is 13.6. The third kappa shape index (κ3) is 4.33. The molecule has 0 nitrogen and oxygen atoms in total. The summed E-state index contributed by atoms with van der Waals surface area (Å²) in [5, 5.41) is 0. The summed E-state index contributed by atoms with van der Waals surface area (Å²) in [6.07, 6.45) is 2.74. The molecular weight excluding hydrogens is 188 g/mol. The second-order valence-corrected chi connectivity index (χ2v) is 10.9. The molecule has 11 heavy (non-hydrogen) atoms. The summed E-state index contributed by atoms with van der Waals surface area (Å²) >= 11 is 6.03. The van der Waals surface area contributed by atoms with Gasteiger partial charge in [0.25, 0.3) is 0 Å². The molecule has 0 amide bonds. The monoisotopic (exact) mass is 207 g/mol. The average Bonchev–Trinajstić information content (AvgIpc) is 2.00. The topological polar surface area (TPSA) is 0 Å². The highest BCUT2D eigenvalue weighted by molar-refractivity contribution is 7.01. The molecule has 0 rings (SSSR count). The largest absolute Gasteiger partial charge is 0.176 e. The van der Waals surface area contributed by atoms with Gasteiger partial charge in [-0.2, -0.15) is 11.1 Å². The van der Waals surface area contributed by atoms with Crippen LogP contribution in [0.2, 0.25) is 17.3 Å². The number of hydrogen-bond acceptors (Lipinski definition) is 0. The first kappa shape index (κ1) is 11.7. The Morgan fingerprint density at radius 2 is 2.00 bits per heavy atom. The number of rotatable bonds is 5. The van der Waals surface area contributed by atoms with Gasteiger partial charge in [-0.15, -0.1) is 0 Å². The van der Waals surface area contributed by atoms with Crippen molar-refractivity contribution in [3.8, 4) is 0 Å². The van der Waals surface area contributed by atoms with Crippen LogP contribution >= 0.6 is 11.1 Å². The van der Waals surface area contributed by atoms with Crippen molar-refractivity contribution < 1.29 is 0 Å². The van der Waals surface area contributed by atoms with Crippen molar-refractivity contribution in [2.24, 2.45) is 0 Å². The van der Waals surface area contributed by atoms with Gasteiger partial charge in [0, 0.05) is 8.80 Å². The Morgan fingerprint density at radius 1 is 1.45 bits per heavy atom. The molecule has 0 spiro atoms. The summed E-state index contributed by atoms with van der Waals surface area (Å²) in [5.41, 5.74) is 0. The average molecular weight is 208 g/mol. The van der Waals surface area contributed by atoms with Gasteiger partial charge in [-0.3, -0.25) is 0 Å². The van der Waals surface area contributed by atoms with E-state index in [1.54, 1.807) is 0 Å². The predicted octanol–water partition coefficient (Wildman–Crippen LogP) is 2.97. The highest BCUT2D eigenvalue weighted by Gasteiger charge is 2.25. The first-order valence-electron chi connectivity index (χ1n) is 4.43. The molecule has 1 radical (unpaired) electrons. The van der Waals surface area contributed by atoms with Crippen molar-refractivity contribution >= 4 is 28.7 Å². The van der Waals surface area contributed by atoms with Crippen LogP contribution in [0.1, 0.15) is 33.6 Å². The Hall–Kier alpha value is 0.724. The number of hydrogen-bond donors (Lipinski definition) is 0. The standard InChI is InChI=1S/C8H20ClSi2/c1-5-6-7-11(4)8(2,3)10-9/h5-7,10H2,1-4H3. The molecule has 0 N–H and O–H groups in total. The van der Waals surface area contributed by atoms with E-state index in [4.69, 9.17) is 11.1 Å². The number of unbranched alkanes of at least 4 members (excludes halogenated alkanes) is 1. The molecule has 3 heteroatoms. The van der Waals surface area contributed by atoms with Gasteiger partial charge in [0.1, 0.15) is 8.83 Å². The Morgan fingerprint density at radius 3 is 2.36 bits per heavy atom. The van der Waals surface area contributed by atoms with Gasteiger partial charge in [0.2, 0.25) is 0 Å². The molecule has 67 valence electrons. The molecule has 0 heterocycles. The fourth-order valence-corrected chi connectivity index (χ4v) is 5.95. The second kappa shape index (κ2) is 5.38. The second-order valence-electron chi connectivity index (χ2n) is 3.90. The highest BCUT2D eigenvalue weighted by Crippen LogP contribution is 2.30. The van der Waals surface area contributed by atoms with Crippen LogP contribution in [0.5, 0.6) is 0 Å². The van der Waals surface area contributed by atoms with Gasteiger partial charge in [-0.05, 0) is 4.66 Å². The van der Waals surface area contributed by atoms with Gasteiger partial charge in [0.15, 0.2) is 0 Å². The Bertz CT molecular complexity index is 104. The van der Waals surface area contributed by atoms with Crippen LogP contribution in [-0.2, 0) is 0 Å². The summed E-state index contributed by atoms with van der Waals surface area (Å²) in [5.74, 6) is 0. The van der Waals surface area contributed by atoms with Crippen molar-refractivity contribution in [3.05, 3.63) is 0 Å². The van der Waals surface area contributed by atoms with Gasteiger partial charge in [-0.1, -0.05) is 46.2 Å². The van der Waals surface area contributed by atoms with Crippen molar-refractivity contribution in [1.82, 2.24) is 0 Å². The first-order chi connectivity index (χ1) is 5.04. The maximum Gasteiger partial charge on any atom is 0.128 e. The van der Waals surface area contributed by atoms with E-state index in [0.717, 1.165) is 0 Å². The Kier molecular flexibility index (Phi) is 5.74. The molecular formula is C8H20ClSi2. The van der Waals surface area contributed by atoms with E-state index >= 15 is 0 Å². The summed E-state index contributed by atoms with van der Waals surface area (Å²) < 4.78 is 0.557. The lowest BCUT2D eigenvalue weighted by Gasteiger charge is -2.27. The maximum atomic E-state index is 6.03. The molecule has 0 aromatic carbocycles. The highest BCUT2D eigenvalue weighted by atomic mass is 35.6. The Balaban J connectivity index is 3.71. The van der Waals surface area contributed by atoms with E-state index in [0.29, 0.717) is 4.66 Å². The molecule has 0 aliphatic heterocycles. The molecule has 0 unspecified atom stereocenters. The zero-order chi connectivity index (χ0) is 8.91. The predicted molar refractivity (Wildman–Crippen MR) is 59.8 cm³/mol.